The van der Waals surface area contributed by atoms with Gasteiger partial charge in [0.25, 0.3) is 0 Å². The summed E-state index contributed by atoms with van der Waals surface area (Å²) in [5, 5.41) is 3.37. The Labute approximate surface area is 106 Å². The topological polar surface area (TPSA) is 37.8 Å². The molecule has 2 aromatic rings. The highest BCUT2D eigenvalue weighted by Crippen LogP contribution is 2.29. The van der Waals surface area contributed by atoms with Crippen molar-refractivity contribution < 1.29 is 0 Å². The van der Waals surface area contributed by atoms with Gasteiger partial charge < -0.3 is 5.32 Å². The van der Waals surface area contributed by atoms with Gasteiger partial charge in [0.15, 0.2) is 0 Å². The minimum atomic E-state index is -0.475. The number of dihydropyridines is 1. The number of hydrogen-bond donors (Lipinski definition) is 1. The molecule has 18 heavy (non-hydrogen) atoms. The van der Waals surface area contributed by atoms with Gasteiger partial charge in [-0.15, -0.1) is 0 Å². The molecule has 0 bridgehead atoms. The van der Waals surface area contributed by atoms with Crippen molar-refractivity contribution in [3.63, 3.8) is 0 Å². The van der Waals surface area contributed by atoms with Gasteiger partial charge in [-0.2, -0.15) is 0 Å². The molecule has 0 atom stereocenters. The van der Waals surface area contributed by atoms with E-state index in [-0.39, 0.29) is 0 Å². The molecule has 0 spiro atoms. The van der Waals surface area contributed by atoms with Crippen molar-refractivity contribution in [3.8, 4) is 0 Å². The number of allylic oxidation sites excluding steroid dienone is 2. The quantitative estimate of drug-likeness (QED) is 0.868. The minimum absolute atomic E-state index is 0.475. The van der Waals surface area contributed by atoms with Crippen molar-refractivity contribution in [1.82, 2.24) is 15.3 Å². The smallest absolute Gasteiger partial charge is 0.141 e. The van der Waals surface area contributed by atoms with Gasteiger partial charge in [0, 0.05) is 12.4 Å². The van der Waals surface area contributed by atoms with Crippen molar-refractivity contribution in [3.05, 3.63) is 84.6 Å². The normalized spacial score (nSPS) is 16.2. The zero-order valence-electron chi connectivity index (χ0n) is 9.82. The molecular weight excluding hydrogens is 222 g/mol. The van der Waals surface area contributed by atoms with Crippen LogP contribution in [0.3, 0.4) is 0 Å². The lowest BCUT2D eigenvalue weighted by molar-refractivity contribution is 0.533. The van der Waals surface area contributed by atoms with E-state index in [1.165, 1.54) is 0 Å². The third-order valence-electron chi connectivity index (χ3n) is 3.00. The van der Waals surface area contributed by atoms with E-state index in [0.717, 1.165) is 11.4 Å². The van der Waals surface area contributed by atoms with Gasteiger partial charge in [-0.1, -0.05) is 18.2 Å². The summed E-state index contributed by atoms with van der Waals surface area (Å²) in [6.07, 6.45) is 11.6. The molecule has 1 aliphatic heterocycles. The van der Waals surface area contributed by atoms with E-state index in [1.54, 1.807) is 12.4 Å². The lowest BCUT2D eigenvalue weighted by Gasteiger charge is -2.31. The summed E-state index contributed by atoms with van der Waals surface area (Å²) in [5.74, 6) is 0. The van der Waals surface area contributed by atoms with E-state index in [0.29, 0.717) is 0 Å². The second kappa shape index (κ2) is 4.45. The average molecular weight is 235 g/mol. The number of pyridine rings is 2. The lowest BCUT2D eigenvalue weighted by atomic mass is 9.88. The van der Waals surface area contributed by atoms with Crippen LogP contribution < -0.4 is 5.32 Å². The number of nitrogens with one attached hydrogen (secondary N) is 1. The monoisotopic (exact) mass is 235 g/mol. The zero-order chi connectivity index (χ0) is 12.3. The van der Waals surface area contributed by atoms with Gasteiger partial charge in [-0.25, -0.2) is 0 Å². The summed E-state index contributed by atoms with van der Waals surface area (Å²) >= 11 is 0. The largest absolute Gasteiger partial charge is 0.372 e. The third-order valence-corrected chi connectivity index (χ3v) is 3.00. The maximum Gasteiger partial charge on any atom is 0.141 e. The molecule has 0 saturated heterocycles. The Morgan fingerprint density at radius 1 is 0.833 bits per heavy atom. The molecule has 0 radical (unpaired) electrons. The summed E-state index contributed by atoms with van der Waals surface area (Å²) in [4.78, 5) is 8.93. The van der Waals surface area contributed by atoms with Gasteiger partial charge in [-0.3, -0.25) is 9.97 Å². The Bertz CT molecular complexity index is 534. The van der Waals surface area contributed by atoms with Crippen LogP contribution >= 0.6 is 0 Å². The molecule has 3 heteroatoms. The number of aromatic nitrogens is 2. The summed E-state index contributed by atoms with van der Waals surface area (Å²) in [6, 6.07) is 11.8. The zero-order valence-corrected chi connectivity index (χ0v) is 9.82. The van der Waals surface area contributed by atoms with E-state index >= 15 is 0 Å². The van der Waals surface area contributed by atoms with Crippen molar-refractivity contribution in [2.24, 2.45) is 0 Å². The minimum Gasteiger partial charge on any atom is -0.372 e. The highest BCUT2D eigenvalue weighted by Gasteiger charge is 2.33. The van der Waals surface area contributed by atoms with E-state index in [4.69, 9.17) is 0 Å². The van der Waals surface area contributed by atoms with E-state index in [9.17, 15) is 0 Å². The molecule has 2 aromatic heterocycles. The standard InChI is InChI=1S/C15H13N3/c1-4-10-16-13(7-1)15(9-3-6-12-18-15)14-8-2-5-11-17-14/h1-12,18H. The van der Waals surface area contributed by atoms with Crippen molar-refractivity contribution in [1.29, 1.82) is 0 Å². The second-order valence-corrected chi connectivity index (χ2v) is 4.10. The first kappa shape index (κ1) is 10.7. The fraction of sp³-hybridized carbons (Fsp3) is 0.0667. The second-order valence-electron chi connectivity index (χ2n) is 4.10. The summed E-state index contributed by atoms with van der Waals surface area (Å²) in [7, 11) is 0. The first-order valence-corrected chi connectivity index (χ1v) is 5.87. The summed E-state index contributed by atoms with van der Waals surface area (Å²) < 4.78 is 0. The molecular formula is C15H13N3. The van der Waals surface area contributed by atoms with Crippen molar-refractivity contribution in [2.75, 3.05) is 0 Å². The first-order chi connectivity index (χ1) is 8.92. The SMILES string of the molecule is C1=CNC(c2ccccn2)(c2ccccn2)C=C1. The Hall–Kier alpha value is -2.42. The maximum absolute atomic E-state index is 4.46. The Morgan fingerprint density at radius 2 is 1.50 bits per heavy atom. The molecule has 0 aliphatic carbocycles. The maximum atomic E-state index is 4.46. The van der Waals surface area contributed by atoms with Crippen LogP contribution in [0.15, 0.2) is 73.2 Å². The highest BCUT2D eigenvalue weighted by atomic mass is 15.0. The average Bonchev–Trinajstić information content (AvgIpc) is 2.50. The highest BCUT2D eigenvalue weighted by molar-refractivity contribution is 5.40. The third kappa shape index (κ3) is 1.70. The number of hydrogen-bond acceptors (Lipinski definition) is 3. The molecule has 0 fully saturated rings. The van der Waals surface area contributed by atoms with Crippen LogP contribution in [0.2, 0.25) is 0 Å². The van der Waals surface area contributed by atoms with Gasteiger partial charge >= 0.3 is 0 Å². The Balaban J connectivity index is 2.17. The van der Waals surface area contributed by atoms with Crippen LogP contribution in [-0.2, 0) is 5.54 Å². The fourth-order valence-corrected chi connectivity index (χ4v) is 2.13. The number of nitrogens with zero attached hydrogens (tertiary/aromatic N) is 2. The van der Waals surface area contributed by atoms with Crippen LogP contribution in [0.1, 0.15) is 11.4 Å². The lowest BCUT2D eigenvalue weighted by Crippen LogP contribution is -2.41. The van der Waals surface area contributed by atoms with Crippen LogP contribution in [0.5, 0.6) is 0 Å². The van der Waals surface area contributed by atoms with E-state index in [1.807, 2.05) is 54.8 Å². The Morgan fingerprint density at radius 3 is 1.94 bits per heavy atom. The fourth-order valence-electron chi connectivity index (χ4n) is 2.13. The molecule has 1 N–H and O–H groups in total. The summed E-state index contributed by atoms with van der Waals surface area (Å²) in [5.41, 5.74) is 1.39. The molecule has 3 heterocycles. The molecule has 0 unspecified atom stereocenters. The molecule has 3 nitrogen and oxygen atoms in total. The number of rotatable bonds is 2. The van der Waals surface area contributed by atoms with E-state index < -0.39 is 5.54 Å². The molecule has 1 aliphatic rings. The Kier molecular flexibility index (Phi) is 2.65. The van der Waals surface area contributed by atoms with Crippen LogP contribution in [0.4, 0.5) is 0 Å². The van der Waals surface area contributed by atoms with Gasteiger partial charge in [-0.05, 0) is 42.6 Å². The first-order valence-electron chi connectivity index (χ1n) is 5.87. The van der Waals surface area contributed by atoms with Gasteiger partial charge in [0.2, 0.25) is 0 Å². The van der Waals surface area contributed by atoms with Gasteiger partial charge in [0.1, 0.15) is 5.54 Å². The van der Waals surface area contributed by atoms with Crippen LogP contribution in [0.25, 0.3) is 0 Å². The van der Waals surface area contributed by atoms with Crippen molar-refractivity contribution >= 4 is 0 Å². The molecule has 88 valence electrons. The predicted octanol–water partition coefficient (Wildman–Crippen LogP) is 2.39. The van der Waals surface area contributed by atoms with Crippen molar-refractivity contribution in [2.45, 2.75) is 5.54 Å². The van der Waals surface area contributed by atoms with Crippen LogP contribution in [0, 0.1) is 0 Å². The summed E-state index contributed by atoms with van der Waals surface area (Å²) in [6.45, 7) is 0. The molecule has 0 amide bonds. The molecule has 0 aromatic carbocycles. The van der Waals surface area contributed by atoms with E-state index in [2.05, 4.69) is 21.4 Å². The molecule has 3 rings (SSSR count). The van der Waals surface area contributed by atoms with Crippen LogP contribution in [-0.4, -0.2) is 9.97 Å². The predicted molar refractivity (Wildman–Crippen MR) is 70.7 cm³/mol. The van der Waals surface area contributed by atoms with Gasteiger partial charge in [0.05, 0.1) is 11.4 Å². The molecule has 0 saturated carbocycles.